The minimum atomic E-state index is -0.524. The maximum Gasteiger partial charge on any atom is 0.306 e. The molecule has 0 bridgehead atoms. The van der Waals surface area contributed by atoms with Gasteiger partial charge in [-0.3, -0.25) is 4.79 Å². The van der Waals surface area contributed by atoms with Gasteiger partial charge < -0.3 is 14.6 Å². The first-order valence-electron chi connectivity index (χ1n) is 22.6. The lowest BCUT2D eigenvalue weighted by molar-refractivity contribution is -0.154. The predicted molar refractivity (Wildman–Crippen MR) is 215 cm³/mol. The van der Waals surface area contributed by atoms with Crippen molar-refractivity contribution in [2.24, 2.45) is 0 Å². The second kappa shape index (κ2) is 43.6. The maximum absolute atomic E-state index is 12.2. The summed E-state index contributed by atoms with van der Waals surface area (Å²) in [6, 6.07) is 0. The zero-order valence-electron chi connectivity index (χ0n) is 33.7. The van der Waals surface area contributed by atoms with Gasteiger partial charge in [0.15, 0.2) is 0 Å². The normalized spacial score (nSPS) is 12.1. The number of esters is 1. The number of hydrogen-bond donors (Lipinski definition) is 1. The molecule has 0 amide bonds. The minimum Gasteiger partial charge on any atom is -0.457 e. The molecule has 0 fully saturated rings. The summed E-state index contributed by atoms with van der Waals surface area (Å²) in [7, 11) is 0. The number of aliphatic hydroxyl groups is 1. The highest BCUT2D eigenvalue weighted by Gasteiger charge is 2.13. The van der Waals surface area contributed by atoms with E-state index in [4.69, 9.17) is 9.47 Å². The van der Waals surface area contributed by atoms with Crippen LogP contribution in [0.2, 0.25) is 0 Å². The highest BCUT2D eigenvalue weighted by molar-refractivity contribution is 5.69. The summed E-state index contributed by atoms with van der Waals surface area (Å²) < 4.78 is 11.2. The van der Waals surface area contributed by atoms with Crippen molar-refractivity contribution in [3.63, 3.8) is 0 Å². The van der Waals surface area contributed by atoms with Gasteiger partial charge >= 0.3 is 5.97 Å². The highest BCUT2D eigenvalue weighted by Crippen LogP contribution is 2.16. The molecule has 4 heteroatoms. The molecule has 0 aromatic rings. The molecule has 0 aromatic heterocycles. The van der Waals surface area contributed by atoms with Crippen LogP contribution in [0.4, 0.5) is 0 Å². The third-order valence-electron chi connectivity index (χ3n) is 10.4. The van der Waals surface area contributed by atoms with Crippen LogP contribution in [0.3, 0.4) is 0 Å². The van der Waals surface area contributed by atoms with Gasteiger partial charge in [-0.2, -0.15) is 0 Å². The molecule has 4 nitrogen and oxygen atoms in total. The van der Waals surface area contributed by atoms with Gasteiger partial charge in [-0.1, -0.05) is 239 Å². The molecule has 0 saturated carbocycles. The second-order valence-electron chi connectivity index (χ2n) is 15.5. The van der Waals surface area contributed by atoms with Crippen molar-refractivity contribution < 1.29 is 19.4 Å². The minimum absolute atomic E-state index is 0.163. The van der Waals surface area contributed by atoms with Gasteiger partial charge in [0, 0.05) is 13.0 Å². The number of aliphatic hydroxyl groups excluding tert-OH is 1. The number of hydrogen-bond acceptors (Lipinski definition) is 4. The first kappa shape index (κ1) is 48.4. The van der Waals surface area contributed by atoms with Gasteiger partial charge in [-0.25, -0.2) is 0 Å². The number of ether oxygens (including phenoxy) is 2. The predicted octanol–water partition coefficient (Wildman–Crippen LogP) is 14.8. The summed E-state index contributed by atoms with van der Waals surface area (Å²) in [6.45, 7) is 5.41. The lowest BCUT2D eigenvalue weighted by atomic mass is 10.0. The first-order valence-corrected chi connectivity index (χ1v) is 22.6. The molecule has 0 rings (SSSR count). The van der Waals surface area contributed by atoms with Crippen LogP contribution in [0.25, 0.3) is 0 Å². The SMILES string of the molecule is CCCCCCCCCCCCCCCCCCCCCCCCOCC(CO)OC(=O)CCCCCCCCCCCCCCCCC. The van der Waals surface area contributed by atoms with E-state index in [1.807, 2.05) is 0 Å². The molecule has 0 heterocycles. The summed E-state index contributed by atoms with van der Waals surface area (Å²) in [5, 5.41) is 9.60. The topological polar surface area (TPSA) is 55.8 Å². The highest BCUT2D eigenvalue weighted by atomic mass is 16.6. The molecule has 1 atom stereocenters. The first-order chi connectivity index (χ1) is 24.2. The van der Waals surface area contributed by atoms with Crippen molar-refractivity contribution in [3.8, 4) is 0 Å². The molecule has 0 aliphatic rings. The Morgan fingerprint density at radius 2 is 0.673 bits per heavy atom. The fourth-order valence-corrected chi connectivity index (χ4v) is 7.04. The van der Waals surface area contributed by atoms with E-state index in [1.165, 1.54) is 218 Å². The van der Waals surface area contributed by atoms with Crippen molar-refractivity contribution in [1.82, 2.24) is 0 Å². The van der Waals surface area contributed by atoms with Crippen molar-refractivity contribution in [2.45, 2.75) is 264 Å². The summed E-state index contributed by atoms with van der Waals surface area (Å²) in [5.74, 6) is -0.193. The summed E-state index contributed by atoms with van der Waals surface area (Å²) in [4.78, 5) is 12.2. The van der Waals surface area contributed by atoms with E-state index in [0.717, 1.165) is 19.3 Å². The Morgan fingerprint density at radius 3 is 0.959 bits per heavy atom. The molecule has 0 spiro atoms. The van der Waals surface area contributed by atoms with Gasteiger partial charge in [0.05, 0.1) is 13.2 Å². The van der Waals surface area contributed by atoms with Gasteiger partial charge in [-0.05, 0) is 12.8 Å². The lowest BCUT2D eigenvalue weighted by Crippen LogP contribution is -2.27. The molecule has 49 heavy (non-hydrogen) atoms. The third-order valence-corrected chi connectivity index (χ3v) is 10.4. The largest absolute Gasteiger partial charge is 0.457 e. The average Bonchev–Trinajstić information content (AvgIpc) is 3.11. The zero-order chi connectivity index (χ0) is 35.6. The van der Waals surface area contributed by atoms with Gasteiger partial charge in [0.25, 0.3) is 0 Å². The lowest BCUT2D eigenvalue weighted by Gasteiger charge is -2.16. The molecule has 0 aliphatic carbocycles. The summed E-state index contributed by atoms with van der Waals surface area (Å²) >= 11 is 0. The zero-order valence-corrected chi connectivity index (χ0v) is 33.7. The van der Waals surface area contributed by atoms with Crippen LogP contribution in [-0.4, -0.2) is 37.0 Å². The molecule has 1 N–H and O–H groups in total. The van der Waals surface area contributed by atoms with Crippen molar-refractivity contribution in [2.75, 3.05) is 19.8 Å². The molecule has 0 aromatic carbocycles. The van der Waals surface area contributed by atoms with Crippen molar-refractivity contribution in [1.29, 1.82) is 0 Å². The van der Waals surface area contributed by atoms with E-state index in [0.29, 0.717) is 19.6 Å². The molecule has 0 saturated heterocycles. The Morgan fingerprint density at radius 1 is 0.408 bits per heavy atom. The molecule has 1 unspecified atom stereocenters. The van der Waals surface area contributed by atoms with Crippen molar-refractivity contribution >= 4 is 5.97 Å². The fourth-order valence-electron chi connectivity index (χ4n) is 7.04. The number of carbonyl (C=O) groups is 1. The Labute approximate surface area is 308 Å². The van der Waals surface area contributed by atoms with E-state index in [2.05, 4.69) is 13.8 Å². The number of rotatable bonds is 43. The second-order valence-corrected chi connectivity index (χ2v) is 15.5. The van der Waals surface area contributed by atoms with Crippen LogP contribution >= 0.6 is 0 Å². The summed E-state index contributed by atoms with van der Waals surface area (Å²) in [6.07, 6.45) is 50.3. The smallest absolute Gasteiger partial charge is 0.306 e. The number of carbonyl (C=O) groups excluding carboxylic acids is 1. The molecular weight excluding hydrogens is 604 g/mol. The molecule has 0 radical (unpaired) electrons. The van der Waals surface area contributed by atoms with Gasteiger partial charge in [0.1, 0.15) is 6.10 Å². The van der Waals surface area contributed by atoms with Crippen LogP contribution in [0.1, 0.15) is 258 Å². The Balaban J connectivity index is 3.33. The van der Waals surface area contributed by atoms with Crippen LogP contribution in [0, 0.1) is 0 Å². The van der Waals surface area contributed by atoms with E-state index >= 15 is 0 Å². The Hall–Kier alpha value is -0.610. The van der Waals surface area contributed by atoms with Crippen LogP contribution in [0.15, 0.2) is 0 Å². The molecule has 294 valence electrons. The van der Waals surface area contributed by atoms with Gasteiger partial charge in [-0.15, -0.1) is 0 Å². The van der Waals surface area contributed by atoms with Crippen LogP contribution in [0.5, 0.6) is 0 Å². The van der Waals surface area contributed by atoms with E-state index in [9.17, 15) is 9.90 Å². The number of unbranched alkanes of at least 4 members (excludes halogenated alkanes) is 35. The Bertz CT molecular complexity index is 609. The summed E-state index contributed by atoms with van der Waals surface area (Å²) in [5.41, 5.74) is 0. The van der Waals surface area contributed by atoms with Gasteiger partial charge in [0.2, 0.25) is 0 Å². The maximum atomic E-state index is 12.2. The molecule has 0 aliphatic heterocycles. The van der Waals surface area contributed by atoms with E-state index in [-0.39, 0.29) is 12.6 Å². The van der Waals surface area contributed by atoms with E-state index < -0.39 is 6.10 Å². The Kier molecular flexibility index (Phi) is 43.0. The quantitative estimate of drug-likeness (QED) is 0.0510. The van der Waals surface area contributed by atoms with Crippen LogP contribution in [-0.2, 0) is 14.3 Å². The fraction of sp³-hybridized carbons (Fsp3) is 0.978. The average molecular weight is 695 g/mol. The van der Waals surface area contributed by atoms with Crippen LogP contribution < -0.4 is 0 Å². The third kappa shape index (κ3) is 41.7. The van der Waals surface area contributed by atoms with E-state index in [1.54, 1.807) is 0 Å². The monoisotopic (exact) mass is 695 g/mol. The van der Waals surface area contributed by atoms with Crippen molar-refractivity contribution in [3.05, 3.63) is 0 Å². The molecular formula is C45H90O4. The standard InChI is InChI=1S/C45H90O4/c1-3-5-7-9-11-13-15-17-19-20-21-22-23-24-25-27-29-31-33-35-37-39-41-48-43-44(42-46)49-45(47)40-38-36-34-32-30-28-26-18-16-14-12-10-8-6-4-2/h44,46H,3-43H2,1-2H3.